The van der Waals surface area contributed by atoms with Crippen LogP contribution in [0.3, 0.4) is 0 Å². The van der Waals surface area contributed by atoms with Crippen LogP contribution in [0, 0.1) is 6.92 Å². The summed E-state index contributed by atoms with van der Waals surface area (Å²) in [7, 11) is 0. The Morgan fingerprint density at radius 3 is 2.75 bits per heavy atom. The zero-order valence-corrected chi connectivity index (χ0v) is 7.29. The largest absolute Gasteiger partial charge is 0.504 e. The van der Waals surface area contributed by atoms with E-state index in [1.807, 2.05) is 6.92 Å². The van der Waals surface area contributed by atoms with Crippen LogP contribution >= 0.6 is 0 Å². The molecule has 3 N–H and O–H groups in total. The molecule has 3 nitrogen and oxygen atoms in total. The van der Waals surface area contributed by atoms with E-state index in [0.717, 1.165) is 5.56 Å². The predicted octanol–water partition coefficient (Wildman–Crippen LogP) is 1.68. The van der Waals surface area contributed by atoms with Gasteiger partial charge in [0.15, 0.2) is 11.5 Å². The Kier molecular flexibility index (Phi) is 2.43. The number of phenolic OH excluding ortho intramolecular Hbond substituents is 1. The monoisotopic (exact) mass is 167 g/mol. The molecule has 0 spiro atoms. The summed E-state index contributed by atoms with van der Waals surface area (Å²) in [4.78, 5) is 0. The van der Waals surface area contributed by atoms with Crippen molar-refractivity contribution in [1.82, 2.24) is 0 Å². The summed E-state index contributed by atoms with van der Waals surface area (Å²) in [5.41, 5.74) is 6.91. The number of benzene rings is 1. The molecular formula is C9H13NO2. The van der Waals surface area contributed by atoms with Gasteiger partial charge >= 0.3 is 0 Å². The molecule has 0 unspecified atom stereocenters. The van der Waals surface area contributed by atoms with E-state index < -0.39 is 0 Å². The van der Waals surface area contributed by atoms with E-state index in [1.165, 1.54) is 0 Å². The first-order chi connectivity index (χ1) is 5.65. The van der Waals surface area contributed by atoms with Gasteiger partial charge in [-0.05, 0) is 25.5 Å². The molecule has 0 aliphatic carbocycles. The van der Waals surface area contributed by atoms with Crippen LogP contribution in [0.25, 0.3) is 0 Å². The van der Waals surface area contributed by atoms with Crippen molar-refractivity contribution < 1.29 is 9.84 Å². The SMILES string of the molecule is CCOc1cc(N)cc(C)c1O. The Hall–Kier alpha value is -1.38. The first-order valence-electron chi connectivity index (χ1n) is 3.87. The predicted molar refractivity (Wildman–Crippen MR) is 48.4 cm³/mol. The number of nitrogen functional groups attached to an aromatic ring is 1. The van der Waals surface area contributed by atoms with Crippen molar-refractivity contribution in [2.75, 3.05) is 12.3 Å². The highest BCUT2D eigenvalue weighted by Gasteiger charge is 2.05. The van der Waals surface area contributed by atoms with Gasteiger partial charge in [0.2, 0.25) is 0 Å². The van der Waals surface area contributed by atoms with E-state index in [0.29, 0.717) is 18.0 Å². The summed E-state index contributed by atoms with van der Waals surface area (Å²) in [6, 6.07) is 3.32. The van der Waals surface area contributed by atoms with Crippen molar-refractivity contribution in [2.45, 2.75) is 13.8 Å². The van der Waals surface area contributed by atoms with Crippen LogP contribution in [0.5, 0.6) is 11.5 Å². The molecular weight excluding hydrogens is 154 g/mol. The van der Waals surface area contributed by atoms with E-state index in [-0.39, 0.29) is 5.75 Å². The lowest BCUT2D eigenvalue weighted by molar-refractivity contribution is 0.317. The number of aromatic hydroxyl groups is 1. The van der Waals surface area contributed by atoms with Crippen molar-refractivity contribution in [3.63, 3.8) is 0 Å². The van der Waals surface area contributed by atoms with Gasteiger partial charge in [-0.3, -0.25) is 0 Å². The van der Waals surface area contributed by atoms with E-state index in [4.69, 9.17) is 10.5 Å². The molecule has 0 aromatic heterocycles. The van der Waals surface area contributed by atoms with Gasteiger partial charge in [0.1, 0.15) is 0 Å². The molecule has 0 saturated carbocycles. The second-order valence-corrected chi connectivity index (χ2v) is 2.62. The first kappa shape index (κ1) is 8.71. The fourth-order valence-electron chi connectivity index (χ4n) is 1.04. The van der Waals surface area contributed by atoms with Gasteiger partial charge < -0.3 is 15.6 Å². The van der Waals surface area contributed by atoms with Gasteiger partial charge in [0, 0.05) is 11.8 Å². The van der Waals surface area contributed by atoms with E-state index in [2.05, 4.69) is 0 Å². The average molecular weight is 167 g/mol. The maximum Gasteiger partial charge on any atom is 0.163 e. The Morgan fingerprint density at radius 2 is 2.17 bits per heavy atom. The molecule has 0 amide bonds. The molecule has 0 saturated heterocycles. The Bertz CT molecular complexity index is 284. The number of aryl methyl sites for hydroxylation is 1. The van der Waals surface area contributed by atoms with Crippen LogP contribution in [0.1, 0.15) is 12.5 Å². The highest BCUT2D eigenvalue weighted by atomic mass is 16.5. The minimum Gasteiger partial charge on any atom is -0.504 e. The number of hydrogen-bond donors (Lipinski definition) is 2. The normalized spacial score (nSPS) is 9.83. The van der Waals surface area contributed by atoms with Crippen molar-refractivity contribution in [1.29, 1.82) is 0 Å². The minimum absolute atomic E-state index is 0.172. The quantitative estimate of drug-likeness (QED) is 0.520. The van der Waals surface area contributed by atoms with Crippen molar-refractivity contribution in [3.05, 3.63) is 17.7 Å². The topological polar surface area (TPSA) is 55.5 Å². The Balaban J connectivity index is 3.09. The second-order valence-electron chi connectivity index (χ2n) is 2.62. The lowest BCUT2D eigenvalue weighted by Crippen LogP contribution is -1.95. The third-order valence-electron chi connectivity index (χ3n) is 1.59. The van der Waals surface area contributed by atoms with Gasteiger partial charge in [-0.25, -0.2) is 0 Å². The number of phenols is 1. The summed E-state index contributed by atoms with van der Waals surface area (Å²) < 4.78 is 5.17. The maximum atomic E-state index is 9.47. The molecule has 1 aromatic carbocycles. The molecule has 0 aliphatic heterocycles. The van der Waals surface area contributed by atoms with Crippen LogP contribution < -0.4 is 10.5 Å². The van der Waals surface area contributed by atoms with E-state index in [1.54, 1.807) is 19.1 Å². The van der Waals surface area contributed by atoms with E-state index in [9.17, 15) is 5.11 Å². The van der Waals surface area contributed by atoms with Crippen molar-refractivity contribution >= 4 is 5.69 Å². The summed E-state index contributed by atoms with van der Waals surface area (Å²) in [6.45, 7) is 4.17. The highest BCUT2D eigenvalue weighted by Crippen LogP contribution is 2.31. The van der Waals surface area contributed by atoms with Gasteiger partial charge in [-0.15, -0.1) is 0 Å². The smallest absolute Gasteiger partial charge is 0.163 e. The summed E-state index contributed by atoms with van der Waals surface area (Å²) in [5.74, 6) is 0.626. The fourth-order valence-corrected chi connectivity index (χ4v) is 1.04. The van der Waals surface area contributed by atoms with Crippen molar-refractivity contribution in [3.8, 4) is 11.5 Å². The zero-order valence-electron chi connectivity index (χ0n) is 7.29. The molecule has 1 rings (SSSR count). The lowest BCUT2D eigenvalue weighted by Gasteiger charge is -2.08. The molecule has 66 valence electrons. The summed E-state index contributed by atoms with van der Waals surface area (Å²) >= 11 is 0. The molecule has 12 heavy (non-hydrogen) atoms. The Labute approximate surface area is 71.8 Å². The number of hydrogen-bond acceptors (Lipinski definition) is 3. The van der Waals surface area contributed by atoms with Gasteiger partial charge in [-0.2, -0.15) is 0 Å². The summed E-state index contributed by atoms with van der Waals surface area (Å²) in [5, 5.41) is 9.47. The third-order valence-corrected chi connectivity index (χ3v) is 1.59. The number of ether oxygens (including phenoxy) is 1. The van der Waals surface area contributed by atoms with Crippen LogP contribution in [0.4, 0.5) is 5.69 Å². The van der Waals surface area contributed by atoms with Gasteiger partial charge in [0.05, 0.1) is 6.61 Å². The van der Waals surface area contributed by atoms with Crippen LogP contribution in [-0.2, 0) is 0 Å². The summed E-state index contributed by atoms with van der Waals surface area (Å²) in [6.07, 6.45) is 0. The zero-order chi connectivity index (χ0) is 9.14. The Morgan fingerprint density at radius 1 is 1.50 bits per heavy atom. The standard InChI is InChI=1S/C9H13NO2/c1-3-12-8-5-7(10)4-6(2)9(8)11/h4-5,11H,3,10H2,1-2H3. The van der Waals surface area contributed by atoms with Gasteiger partial charge in [0.25, 0.3) is 0 Å². The number of rotatable bonds is 2. The van der Waals surface area contributed by atoms with Crippen LogP contribution in [0.15, 0.2) is 12.1 Å². The average Bonchev–Trinajstić information content (AvgIpc) is 2.00. The number of nitrogens with two attached hydrogens (primary N) is 1. The maximum absolute atomic E-state index is 9.47. The third kappa shape index (κ3) is 1.61. The molecule has 0 radical (unpaired) electrons. The minimum atomic E-state index is 0.172. The lowest BCUT2D eigenvalue weighted by atomic mass is 10.2. The second kappa shape index (κ2) is 3.34. The molecule has 0 fully saturated rings. The molecule has 0 heterocycles. The first-order valence-corrected chi connectivity index (χ1v) is 3.87. The van der Waals surface area contributed by atoms with Crippen LogP contribution in [-0.4, -0.2) is 11.7 Å². The fraction of sp³-hybridized carbons (Fsp3) is 0.333. The molecule has 3 heteroatoms. The molecule has 0 aliphatic rings. The highest BCUT2D eigenvalue weighted by molar-refractivity contribution is 5.55. The van der Waals surface area contributed by atoms with Crippen LogP contribution in [0.2, 0.25) is 0 Å². The molecule has 1 aromatic rings. The van der Waals surface area contributed by atoms with Crippen molar-refractivity contribution in [2.24, 2.45) is 0 Å². The van der Waals surface area contributed by atoms with Gasteiger partial charge in [-0.1, -0.05) is 0 Å². The number of anilines is 1. The molecule has 0 atom stereocenters. The van der Waals surface area contributed by atoms with E-state index >= 15 is 0 Å². The molecule has 0 bridgehead atoms.